The number of carboxylic acid groups (broad SMARTS) is 1. The van der Waals surface area contributed by atoms with Gasteiger partial charge in [-0.2, -0.15) is 0 Å². The van der Waals surface area contributed by atoms with E-state index >= 15 is 0 Å². The highest BCUT2D eigenvalue weighted by Crippen LogP contribution is 2.23. The summed E-state index contributed by atoms with van der Waals surface area (Å²) < 4.78 is 21.8. The Kier molecular flexibility index (Phi) is 3.00. The van der Waals surface area contributed by atoms with E-state index in [-0.39, 0.29) is 22.5 Å². The van der Waals surface area contributed by atoms with Gasteiger partial charge in [-0.1, -0.05) is 0 Å². The van der Waals surface area contributed by atoms with Gasteiger partial charge in [-0.05, 0) is 6.42 Å². The molecule has 0 amide bonds. The molecule has 0 unspecified atom stereocenters. The van der Waals surface area contributed by atoms with Gasteiger partial charge in [-0.3, -0.25) is 4.79 Å². The molecule has 1 atom stereocenters. The molecular weight excluding hydrogens is 200 g/mol. The summed E-state index contributed by atoms with van der Waals surface area (Å²) in [5.74, 6) is -0.528. The van der Waals surface area contributed by atoms with Crippen molar-refractivity contribution in [3.8, 4) is 0 Å². The van der Waals surface area contributed by atoms with Gasteiger partial charge in [0.2, 0.25) is 0 Å². The molecule has 0 bridgehead atoms. The maximum Gasteiger partial charge on any atom is 0.313 e. The number of thioether (sulfide) groups is 1. The minimum atomic E-state index is -2.86. The third-order valence-electron chi connectivity index (χ3n) is 1.63. The minimum absolute atomic E-state index is 0.000185. The Morgan fingerprint density at radius 2 is 2.25 bits per heavy atom. The minimum Gasteiger partial charge on any atom is -0.481 e. The van der Waals surface area contributed by atoms with Crippen LogP contribution in [0.2, 0.25) is 0 Å². The van der Waals surface area contributed by atoms with E-state index in [0.29, 0.717) is 6.42 Å². The molecule has 0 radical (unpaired) electrons. The van der Waals surface area contributed by atoms with Crippen molar-refractivity contribution in [2.24, 2.45) is 0 Å². The van der Waals surface area contributed by atoms with Crippen molar-refractivity contribution < 1.29 is 18.3 Å². The summed E-state index contributed by atoms with van der Waals surface area (Å²) in [6.07, 6.45) is 0.597. The third kappa shape index (κ3) is 3.02. The lowest BCUT2D eigenvalue weighted by molar-refractivity contribution is -0.133. The highest BCUT2D eigenvalue weighted by Gasteiger charge is 2.28. The maximum atomic E-state index is 10.9. The number of aliphatic carboxylic acids is 1. The molecule has 0 spiro atoms. The molecule has 1 heterocycles. The quantitative estimate of drug-likeness (QED) is 0.709. The molecule has 12 heavy (non-hydrogen) atoms. The predicted molar refractivity (Wildman–Crippen MR) is 47.2 cm³/mol. The van der Waals surface area contributed by atoms with Crippen LogP contribution in [-0.2, 0) is 14.6 Å². The Morgan fingerprint density at radius 1 is 1.58 bits per heavy atom. The van der Waals surface area contributed by atoms with Crippen LogP contribution in [0, 0.1) is 0 Å². The average molecular weight is 210 g/mol. The SMILES string of the molecule is O=C(O)CS[C@H]1CCS(=O)(=O)C1. The van der Waals surface area contributed by atoms with Gasteiger partial charge < -0.3 is 5.11 Å². The molecule has 0 aromatic carbocycles. The van der Waals surface area contributed by atoms with E-state index in [1.165, 1.54) is 11.8 Å². The fourth-order valence-electron chi connectivity index (χ4n) is 1.08. The number of rotatable bonds is 3. The summed E-state index contributed by atoms with van der Waals surface area (Å²) in [5, 5.41) is 8.33. The van der Waals surface area contributed by atoms with Gasteiger partial charge in [0.1, 0.15) is 0 Å². The molecule has 4 nitrogen and oxygen atoms in total. The molecule has 0 aliphatic carbocycles. The van der Waals surface area contributed by atoms with Crippen molar-refractivity contribution in [3.05, 3.63) is 0 Å². The summed E-state index contributed by atoms with van der Waals surface area (Å²) in [6.45, 7) is 0. The molecule has 1 N–H and O–H groups in total. The van der Waals surface area contributed by atoms with Crippen LogP contribution < -0.4 is 0 Å². The molecule has 1 aliphatic heterocycles. The first-order chi connectivity index (χ1) is 5.49. The topological polar surface area (TPSA) is 71.4 Å². The molecule has 70 valence electrons. The Balaban J connectivity index is 2.34. The van der Waals surface area contributed by atoms with Gasteiger partial charge in [-0.25, -0.2) is 8.42 Å². The van der Waals surface area contributed by atoms with Crippen LogP contribution in [0.15, 0.2) is 0 Å². The number of carboxylic acids is 1. The van der Waals surface area contributed by atoms with E-state index in [2.05, 4.69) is 0 Å². The molecule has 0 aromatic rings. The number of carbonyl (C=O) groups is 1. The van der Waals surface area contributed by atoms with E-state index in [0.717, 1.165) is 0 Å². The van der Waals surface area contributed by atoms with Gasteiger partial charge in [0.25, 0.3) is 0 Å². The number of sulfone groups is 1. The van der Waals surface area contributed by atoms with E-state index in [4.69, 9.17) is 5.11 Å². The van der Waals surface area contributed by atoms with Crippen LogP contribution in [0.5, 0.6) is 0 Å². The predicted octanol–water partition coefficient (Wildman–Crippen LogP) is -0.00870. The van der Waals surface area contributed by atoms with Crippen molar-refractivity contribution in [1.82, 2.24) is 0 Å². The molecule has 0 saturated carbocycles. The molecule has 6 heteroatoms. The number of hydrogen-bond acceptors (Lipinski definition) is 4. The normalized spacial score (nSPS) is 27.2. The van der Waals surface area contributed by atoms with Crippen molar-refractivity contribution in [2.45, 2.75) is 11.7 Å². The highest BCUT2D eigenvalue weighted by molar-refractivity contribution is 8.02. The van der Waals surface area contributed by atoms with E-state index in [1.54, 1.807) is 0 Å². The summed E-state index contributed by atoms with van der Waals surface area (Å²) in [7, 11) is -2.86. The Labute approximate surface area is 75.3 Å². The summed E-state index contributed by atoms with van der Waals surface area (Å²) in [4.78, 5) is 10.1. The zero-order valence-corrected chi connectivity index (χ0v) is 8.03. The van der Waals surface area contributed by atoms with Crippen LogP contribution in [0.3, 0.4) is 0 Å². The molecular formula is C6H10O4S2. The monoisotopic (exact) mass is 210 g/mol. The van der Waals surface area contributed by atoms with Crippen LogP contribution in [0.4, 0.5) is 0 Å². The average Bonchev–Trinajstić information content (AvgIpc) is 2.26. The standard InChI is InChI=1S/C6H10O4S2/c7-6(8)3-11-5-1-2-12(9,10)4-5/h5H,1-4H2,(H,7,8)/t5-/m0/s1. The van der Waals surface area contributed by atoms with E-state index in [1.807, 2.05) is 0 Å². The Bertz CT molecular complexity index is 269. The third-order valence-corrected chi connectivity index (χ3v) is 4.90. The van der Waals surface area contributed by atoms with Crippen LogP contribution >= 0.6 is 11.8 Å². The zero-order chi connectivity index (χ0) is 9.19. The summed E-state index contributed by atoms with van der Waals surface area (Å²) >= 11 is 1.22. The van der Waals surface area contributed by atoms with Gasteiger partial charge in [0.05, 0.1) is 17.3 Å². The summed E-state index contributed by atoms with van der Waals surface area (Å²) in [6, 6.07) is 0. The molecule has 1 fully saturated rings. The Hall–Kier alpha value is -0.230. The fraction of sp³-hybridized carbons (Fsp3) is 0.833. The van der Waals surface area contributed by atoms with E-state index in [9.17, 15) is 13.2 Å². The second-order valence-corrected chi connectivity index (χ2v) is 6.25. The second-order valence-electron chi connectivity index (χ2n) is 2.73. The van der Waals surface area contributed by atoms with Gasteiger partial charge in [0, 0.05) is 5.25 Å². The van der Waals surface area contributed by atoms with E-state index < -0.39 is 15.8 Å². The van der Waals surface area contributed by atoms with Crippen molar-refractivity contribution in [3.63, 3.8) is 0 Å². The fourth-order valence-corrected chi connectivity index (χ4v) is 4.44. The van der Waals surface area contributed by atoms with Crippen LogP contribution in [0.1, 0.15) is 6.42 Å². The van der Waals surface area contributed by atoms with Crippen LogP contribution in [0.25, 0.3) is 0 Å². The zero-order valence-electron chi connectivity index (χ0n) is 6.39. The van der Waals surface area contributed by atoms with Gasteiger partial charge in [-0.15, -0.1) is 11.8 Å². The molecule has 1 aliphatic rings. The van der Waals surface area contributed by atoms with Gasteiger partial charge >= 0.3 is 5.97 Å². The first kappa shape index (κ1) is 9.85. The first-order valence-corrected chi connectivity index (χ1v) is 6.40. The van der Waals surface area contributed by atoms with Crippen LogP contribution in [-0.4, -0.2) is 42.0 Å². The van der Waals surface area contributed by atoms with Crippen molar-refractivity contribution in [1.29, 1.82) is 0 Å². The Morgan fingerprint density at radius 3 is 2.67 bits per heavy atom. The smallest absolute Gasteiger partial charge is 0.313 e. The molecule has 1 saturated heterocycles. The van der Waals surface area contributed by atoms with Crippen molar-refractivity contribution in [2.75, 3.05) is 17.3 Å². The highest BCUT2D eigenvalue weighted by atomic mass is 32.2. The lowest BCUT2D eigenvalue weighted by Crippen LogP contribution is -2.09. The maximum absolute atomic E-state index is 10.9. The largest absolute Gasteiger partial charge is 0.481 e. The van der Waals surface area contributed by atoms with Gasteiger partial charge in [0.15, 0.2) is 9.84 Å². The first-order valence-electron chi connectivity index (χ1n) is 3.53. The number of hydrogen-bond donors (Lipinski definition) is 1. The summed E-state index contributed by atoms with van der Waals surface area (Å²) in [5.41, 5.74) is 0. The van der Waals surface area contributed by atoms with Crippen molar-refractivity contribution >= 4 is 27.6 Å². The lowest BCUT2D eigenvalue weighted by Gasteiger charge is -2.02. The lowest BCUT2D eigenvalue weighted by atomic mass is 10.4. The molecule has 0 aromatic heterocycles. The second kappa shape index (κ2) is 3.66. The molecule has 1 rings (SSSR count).